The first-order chi connectivity index (χ1) is 22.9. The number of Topliss-reactive ketones (excluding diaryl/α,β-unsaturated/α-hetero) is 1. The van der Waals surface area contributed by atoms with Crippen molar-refractivity contribution in [3.8, 4) is 5.75 Å². The SMILES string of the molecule is CSCC[C@@H](NC(=O)[C@@H](N)Cc1ccc(O)cc1)C(=O)NCC(=O)N[C@@H](Cc1ccccc1)C(=O)C1C2(N)CC3CC(C2)CC1(CO)C3.Cl. The molecule has 0 radical (unpaired) electrons. The van der Waals surface area contributed by atoms with Crippen molar-refractivity contribution in [1.82, 2.24) is 16.0 Å². The summed E-state index contributed by atoms with van der Waals surface area (Å²) in [5.41, 5.74) is 13.5. The molecule has 4 aliphatic carbocycles. The normalized spacial score (nSPS) is 26.9. The molecule has 268 valence electrons. The van der Waals surface area contributed by atoms with Crippen molar-refractivity contribution in [3.63, 3.8) is 0 Å². The van der Waals surface area contributed by atoms with E-state index in [0.29, 0.717) is 24.0 Å². The van der Waals surface area contributed by atoms with E-state index in [1.165, 1.54) is 23.9 Å². The van der Waals surface area contributed by atoms with Gasteiger partial charge in [0.15, 0.2) is 5.78 Å². The third kappa shape index (κ3) is 9.15. The van der Waals surface area contributed by atoms with Crippen LogP contribution in [-0.2, 0) is 32.0 Å². The number of halogens is 1. The molecule has 0 aliphatic heterocycles. The first-order valence-electron chi connectivity index (χ1n) is 16.8. The second-order valence-electron chi connectivity index (χ2n) is 14.2. The van der Waals surface area contributed by atoms with Crippen molar-refractivity contribution in [2.24, 2.45) is 34.6 Å². The number of aromatic hydroxyl groups is 1. The fraction of sp³-hybridized carbons (Fsp3) is 0.556. The lowest BCUT2D eigenvalue weighted by Gasteiger charge is -2.64. The molecule has 0 aromatic heterocycles. The molecule has 3 amide bonds. The van der Waals surface area contributed by atoms with Crippen molar-refractivity contribution >= 4 is 47.7 Å². The molecule has 2 aromatic rings. The molecule has 6 rings (SSSR count). The van der Waals surface area contributed by atoms with Crippen LogP contribution >= 0.6 is 24.2 Å². The van der Waals surface area contributed by atoms with Gasteiger partial charge in [-0.1, -0.05) is 42.5 Å². The summed E-state index contributed by atoms with van der Waals surface area (Å²) >= 11 is 1.52. The monoisotopic (exact) mass is 715 g/mol. The Kier molecular flexibility index (Phi) is 13.2. The largest absolute Gasteiger partial charge is 0.508 e. The van der Waals surface area contributed by atoms with Gasteiger partial charge >= 0.3 is 0 Å². The Balaban J connectivity index is 0.00000541. The molecule has 49 heavy (non-hydrogen) atoms. The highest BCUT2D eigenvalue weighted by Gasteiger charge is 2.65. The average molecular weight is 716 g/mol. The number of phenols is 1. The second kappa shape index (κ2) is 16.7. The number of carbonyl (C=O) groups excluding carboxylic acids is 4. The van der Waals surface area contributed by atoms with Gasteiger partial charge in [0, 0.05) is 23.5 Å². The molecule has 4 bridgehead atoms. The van der Waals surface area contributed by atoms with E-state index in [-0.39, 0.29) is 43.4 Å². The molecule has 4 saturated carbocycles. The number of carbonyl (C=O) groups is 4. The number of nitrogens with one attached hydrogen (secondary N) is 3. The maximum absolute atomic E-state index is 14.5. The quantitative estimate of drug-likeness (QED) is 0.136. The number of hydrogen-bond acceptors (Lipinski definition) is 9. The minimum absolute atomic E-state index is 0. The topological polar surface area (TPSA) is 197 Å². The maximum Gasteiger partial charge on any atom is 0.243 e. The van der Waals surface area contributed by atoms with E-state index in [0.717, 1.165) is 43.2 Å². The van der Waals surface area contributed by atoms with Crippen molar-refractivity contribution in [1.29, 1.82) is 0 Å². The molecule has 9 N–H and O–H groups in total. The van der Waals surface area contributed by atoms with Gasteiger partial charge in [0.1, 0.15) is 11.8 Å². The highest BCUT2D eigenvalue weighted by atomic mass is 35.5. The number of aliphatic hydroxyl groups excluding tert-OH is 1. The lowest BCUT2D eigenvalue weighted by atomic mass is 9.41. The first kappa shape index (κ1) is 38.6. The Morgan fingerprint density at radius 1 is 0.898 bits per heavy atom. The van der Waals surface area contributed by atoms with E-state index >= 15 is 0 Å². The van der Waals surface area contributed by atoms with E-state index in [1.54, 1.807) is 12.1 Å². The summed E-state index contributed by atoms with van der Waals surface area (Å²) in [6.45, 7) is -0.504. The molecule has 6 atom stereocenters. The number of benzene rings is 2. The molecule has 0 saturated heterocycles. The summed E-state index contributed by atoms with van der Waals surface area (Å²) in [5, 5.41) is 28.4. The van der Waals surface area contributed by atoms with Gasteiger partial charge in [0.25, 0.3) is 0 Å². The summed E-state index contributed by atoms with van der Waals surface area (Å²) in [6.07, 6.45) is 6.79. The zero-order valence-corrected chi connectivity index (χ0v) is 29.6. The van der Waals surface area contributed by atoms with E-state index < -0.39 is 59.3 Å². The fourth-order valence-corrected chi connectivity index (χ4v) is 9.27. The Labute approximate surface area is 298 Å². The zero-order valence-electron chi connectivity index (χ0n) is 27.9. The van der Waals surface area contributed by atoms with Crippen LogP contribution in [-0.4, -0.2) is 82.5 Å². The number of aliphatic hydroxyl groups is 1. The highest BCUT2D eigenvalue weighted by molar-refractivity contribution is 7.98. The summed E-state index contributed by atoms with van der Waals surface area (Å²) in [7, 11) is 0. The van der Waals surface area contributed by atoms with Gasteiger partial charge in [-0.3, -0.25) is 19.2 Å². The summed E-state index contributed by atoms with van der Waals surface area (Å²) in [5.74, 6) is -0.828. The minimum atomic E-state index is -0.926. The van der Waals surface area contributed by atoms with E-state index in [1.807, 2.05) is 36.6 Å². The molecule has 13 heteroatoms. The fourth-order valence-electron chi connectivity index (χ4n) is 8.80. The van der Waals surface area contributed by atoms with Crippen LogP contribution in [0.5, 0.6) is 5.75 Å². The number of nitrogens with two attached hydrogens (primary N) is 2. The van der Waals surface area contributed by atoms with Crippen LogP contribution in [0.15, 0.2) is 54.6 Å². The summed E-state index contributed by atoms with van der Waals surface area (Å²) in [6, 6.07) is 13.1. The molecular weight excluding hydrogens is 666 g/mol. The summed E-state index contributed by atoms with van der Waals surface area (Å²) in [4.78, 5) is 54.1. The van der Waals surface area contributed by atoms with Crippen LogP contribution in [0, 0.1) is 23.2 Å². The molecule has 3 unspecified atom stereocenters. The Bertz CT molecular complexity index is 1450. The van der Waals surface area contributed by atoms with Crippen molar-refractivity contribution in [3.05, 3.63) is 65.7 Å². The van der Waals surface area contributed by atoms with Gasteiger partial charge in [-0.15, -0.1) is 12.4 Å². The zero-order chi connectivity index (χ0) is 34.5. The predicted octanol–water partition coefficient (Wildman–Crippen LogP) is 1.85. The lowest BCUT2D eigenvalue weighted by Crippen LogP contribution is -2.71. The van der Waals surface area contributed by atoms with Gasteiger partial charge in [0.2, 0.25) is 17.7 Å². The number of phenolic OH excluding ortho intramolecular Hbond substituents is 1. The Morgan fingerprint density at radius 3 is 2.14 bits per heavy atom. The molecule has 4 fully saturated rings. The van der Waals surface area contributed by atoms with Crippen LogP contribution in [0.25, 0.3) is 0 Å². The standard InChI is InChI=1S/C36H49N5O6S.ClH/c1-48-12-11-28(41-33(46)27(37)14-23-7-9-26(43)10-8-23)34(47)39-20-30(44)40-29(15-22-5-3-2-4-6-22)31(45)32-35(21-42)16-24-13-25(17-35)19-36(32,38)18-24;/h2-10,24-25,27-29,32,42-43H,11-21,37-38H2,1H3,(H,39,47)(H,40,44)(H,41,46);1H/t24?,25?,27-,28+,29-,32?,35?,36?;/m0./s1. The van der Waals surface area contributed by atoms with Crippen molar-refractivity contribution in [2.75, 3.05) is 25.2 Å². The number of hydrogen-bond donors (Lipinski definition) is 7. The van der Waals surface area contributed by atoms with E-state index in [4.69, 9.17) is 11.5 Å². The number of thioether (sulfide) groups is 1. The van der Waals surface area contributed by atoms with Crippen LogP contribution in [0.2, 0.25) is 0 Å². The molecular formula is C36H50ClN5O6S. The Morgan fingerprint density at radius 2 is 1.53 bits per heavy atom. The highest BCUT2D eigenvalue weighted by Crippen LogP contribution is 2.63. The Hall–Kier alpha value is -3.16. The smallest absolute Gasteiger partial charge is 0.243 e. The number of ketones is 1. The van der Waals surface area contributed by atoms with E-state index in [9.17, 15) is 29.4 Å². The number of rotatable bonds is 16. The molecule has 4 aliphatic rings. The van der Waals surface area contributed by atoms with Crippen molar-refractivity contribution < 1.29 is 29.4 Å². The first-order valence-corrected chi connectivity index (χ1v) is 18.2. The minimum Gasteiger partial charge on any atom is -0.508 e. The van der Waals surface area contributed by atoms with Gasteiger partial charge in [0.05, 0.1) is 18.6 Å². The van der Waals surface area contributed by atoms with Crippen molar-refractivity contribution in [2.45, 2.75) is 75.0 Å². The van der Waals surface area contributed by atoms with Crippen LogP contribution in [0.3, 0.4) is 0 Å². The molecule has 11 nitrogen and oxygen atoms in total. The molecule has 2 aromatic carbocycles. The predicted molar refractivity (Wildman–Crippen MR) is 192 cm³/mol. The van der Waals surface area contributed by atoms with Gasteiger partial charge in [-0.2, -0.15) is 11.8 Å². The second-order valence-corrected chi connectivity index (χ2v) is 15.2. The van der Waals surface area contributed by atoms with Crippen LogP contribution < -0.4 is 27.4 Å². The van der Waals surface area contributed by atoms with Gasteiger partial charge in [-0.05, 0) is 98.5 Å². The van der Waals surface area contributed by atoms with Crippen LogP contribution in [0.4, 0.5) is 0 Å². The van der Waals surface area contributed by atoms with Gasteiger partial charge < -0.3 is 37.6 Å². The van der Waals surface area contributed by atoms with Crippen LogP contribution in [0.1, 0.15) is 49.7 Å². The van der Waals surface area contributed by atoms with E-state index in [2.05, 4.69) is 16.0 Å². The maximum atomic E-state index is 14.5. The average Bonchev–Trinajstić information content (AvgIpc) is 3.05. The number of amides is 3. The summed E-state index contributed by atoms with van der Waals surface area (Å²) < 4.78 is 0. The molecule has 0 spiro atoms. The molecule has 0 heterocycles. The lowest BCUT2D eigenvalue weighted by molar-refractivity contribution is -0.167. The van der Waals surface area contributed by atoms with Gasteiger partial charge in [-0.25, -0.2) is 0 Å². The third-order valence-corrected chi connectivity index (χ3v) is 11.2. The third-order valence-electron chi connectivity index (χ3n) is 10.5.